The molecule has 3 aromatic heterocycles. The largest absolute Gasteiger partial charge is 0.311 e. The minimum absolute atomic E-state index is 0.0943. The minimum Gasteiger partial charge on any atom is -0.311 e. The molecule has 4 aromatic rings. The predicted molar refractivity (Wildman–Crippen MR) is 110 cm³/mol. The van der Waals surface area contributed by atoms with E-state index in [9.17, 15) is 4.79 Å². The standard InChI is InChI=1S/C21H24N6O/c1-14-11-15(2)26(24-14)10-9-22-13-17-12-19-16(3)25-27(20(19)23-21(17)28)18-7-5-4-6-8-18/h4-8,11-12,22H,9-10,13H2,1-3H3,(H,23,28). The third kappa shape index (κ3) is 3.48. The van der Waals surface area contributed by atoms with Gasteiger partial charge in [0.15, 0.2) is 0 Å². The number of aromatic amines is 1. The van der Waals surface area contributed by atoms with Crippen LogP contribution < -0.4 is 10.9 Å². The first-order valence-corrected chi connectivity index (χ1v) is 9.41. The van der Waals surface area contributed by atoms with Crippen LogP contribution in [0.25, 0.3) is 16.7 Å². The van der Waals surface area contributed by atoms with E-state index in [1.54, 1.807) is 4.68 Å². The van der Waals surface area contributed by atoms with E-state index >= 15 is 0 Å². The molecule has 0 saturated carbocycles. The monoisotopic (exact) mass is 376 g/mol. The molecule has 0 spiro atoms. The lowest BCUT2D eigenvalue weighted by molar-refractivity contribution is 0.541. The van der Waals surface area contributed by atoms with Gasteiger partial charge in [-0.25, -0.2) is 4.68 Å². The fraction of sp³-hybridized carbons (Fsp3) is 0.286. The van der Waals surface area contributed by atoms with Crippen LogP contribution in [0.15, 0.2) is 47.3 Å². The van der Waals surface area contributed by atoms with E-state index in [4.69, 9.17) is 0 Å². The van der Waals surface area contributed by atoms with Gasteiger partial charge in [-0.05, 0) is 45.0 Å². The molecule has 3 heterocycles. The van der Waals surface area contributed by atoms with Gasteiger partial charge in [0, 0.05) is 29.7 Å². The van der Waals surface area contributed by atoms with Crippen molar-refractivity contribution in [1.82, 2.24) is 29.9 Å². The molecule has 144 valence electrons. The van der Waals surface area contributed by atoms with Crippen molar-refractivity contribution in [1.29, 1.82) is 0 Å². The minimum atomic E-state index is -0.0943. The van der Waals surface area contributed by atoms with Crippen LogP contribution in [0.5, 0.6) is 0 Å². The number of pyridine rings is 1. The lowest BCUT2D eigenvalue weighted by Crippen LogP contribution is -2.25. The number of aromatic nitrogens is 5. The van der Waals surface area contributed by atoms with Crippen LogP contribution in [0.2, 0.25) is 0 Å². The average molecular weight is 376 g/mol. The molecule has 0 aliphatic heterocycles. The Bertz CT molecular complexity index is 1170. The summed E-state index contributed by atoms with van der Waals surface area (Å²) in [7, 11) is 0. The predicted octanol–water partition coefficient (Wildman–Crippen LogP) is 2.63. The molecular formula is C21H24N6O. The van der Waals surface area contributed by atoms with Crippen LogP contribution in [0.3, 0.4) is 0 Å². The summed E-state index contributed by atoms with van der Waals surface area (Å²) in [5, 5.41) is 13.4. The Labute approximate surface area is 163 Å². The van der Waals surface area contributed by atoms with Crippen molar-refractivity contribution in [2.24, 2.45) is 0 Å². The number of hydrogen-bond donors (Lipinski definition) is 2. The first-order chi connectivity index (χ1) is 13.5. The maximum absolute atomic E-state index is 12.6. The molecule has 7 heteroatoms. The Morgan fingerprint density at radius 2 is 1.86 bits per heavy atom. The molecule has 2 N–H and O–H groups in total. The zero-order chi connectivity index (χ0) is 19.7. The van der Waals surface area contributed by atoms with Crippen molar-refractivity contribution in [2.45, 2.75) is 33.9 Å². The highest BCUT2D eigenvalue weighted by atomic mass is 16.1. The summed E-state index contributed by atoms with van der Waals surface area (Å²) in [5.74, 6) is 0. The van der Waals surface area contributed by atoms with E-state index in [0.717, 1.165) is 46.9 Å². The van der Waals surface area contributed by atoms with Crippen molar-refractivity contribution in [3.8, 4) is 5.69 Å². The number of aryl methyl sites for hydroxylation is 3. The zero-order valence-corrected chi connectivity index (χ0v) is 16.4. The molecule has 1 aromatic carbocycles. The molecule has 0 saturated heterocycles. The highest BCUT2D eigenvalue weighted by molar-refractivity contribution is 5.80. The molecule has 0 amide bonds. The van der Waals surface area contributed by atoms with Crippen molar-refractivity contribution >= 4 is 11.0 Å². The van der Waals surface area contributed by atoms with Gasteiger partial charge in [0.25, 0.3) is 5.56 Å². The molecular weight excluding hydrogens is 352 g/mol. The first kappa shape index (κ1) is 18.2. The summed E-state index contributed by atoms with van der Waals surface area (Å²) in [5.41, 5.74) is 5.30. The van der Waals surface area contributed by atoms with Gasteiger partial charge in [0.2, 0.25) is 0 Å². The van der Waals surface area contributed by atoms with E-state index in [-0.39, 0.29) is 5.56 Å². The summed E-state index contributed by atoms with van der Waals surface area (Å²) < 4.78 is 3.76. The number of nitrogens with one attached hydrogen (secondary N) is 2. The second kappa shape index (κ2) is 7.44. The van der Waals surface area contributed by atoms with Crippen molar-refractivity contribution in [3.63, 3.8) is 0 Å². The summed E-state index contributed by atoms with van der Waals surface area (Å²) in [4.78, 5) is 15.6. The molecule has 7 nitrogen and oxygen atoms in total. The van der Waals surface area contributed by atoms with Gasteiger partial charge in [-0.3, -0.25) is 9.48 Å². The SMILES string of the molecule is Cc1cc(C)n(CCNCc2cc3c(C)nn(-c4ccccc4)c3[nH]c2=O)n1. The summed E-state index contributed by atoms with van der Waals surface area (Å²) >= 11 is 0. The second-order valence-electron chi connectivity index (χ2n) is 7.05. The molecule has 0 aliphatic rings. The van der Waals surface area contributed by atoms with Gasteiger partial charge in [-0.2, -0.15) is 10.2 Å². The fourth-order valence-corrected chi connectivity index (χ4v) is 3.46. The number of fused-ring (bicyclic) bond motifs is 1. The highest BCUT2D eigenvalue weighted by Crippen LogP contribution is 2.19. The molecule has 0 bridgehead atoms. The number of hydrogen-bond acceptors (Lipinski definition) is 4. The van der Waals surface area contributed by atoms with Crippen LogP contribution in [-0.2, 0) is 13.1 Å². The molecule has 4 rings (SSSR count). The quantitative estimate of drug-likeness (QED) is 0.507. The second-order valence-corrected chi connectivity index (χ2v) is 7.05. The molecule has 0 unspecified atom stereocenters. The number of rotatable bonds is 6. The van der Waals surface area contributed by atoms with E-state index in [1.165, 1.54) is 0 Å². The van der Waals surface area contributed by atoms with Crippen LogP contribution in [0, 0.1) is 20.8 Å². The smallest absolute Gasteiger partial charge is 0.254 e. The summed E-state index contributed by atoms with van der Waals surface area (Å²) in [6, 6.07) is 13.8. The van der Waals surface area contributed by atoms with Gasteiger partial charge in [-0.1, -0.05) is 18.2 Å². The van der Waals surface area contributed by atoms with Gasteiger partial charge >= 0.3 is 0 Å². The highest BCUT2D eigenvalue weighted by Gasteiger charge is 2.12. The van der Waals surface area contributed by atoms with Crippen LogP contribution in [0.4, 0.5) is 0 Å². The van der Waals surface area contributed by atoms with Crippen LogP contribution in [-0.4, -0.2) is 31.1 Å². The van der Waals surface area contributed by atoms with E-state index < -0.39 is 0 Å². The Kier molecular flexibility index (Phi) is 4.83. The lowest BCUT2D eigenvalue weighted by Gasteiger charge is -2.07. The number of para-hydroxylation sites is 1. The van der Waals surface area contributed by atoms with Crippen LogP contribution >= 0.6 is 0 Å². The Morgan fingerprint density at radius 1 is 1.07 bits per heavy atom. The third-order valence-corrected chi connectivity index (χ3v) is 4.87. The molecule has 0 fully saturated rings. The van der Waals surface area contributed by atoms with Gasteiger partial charge in [-0.15, -0.1) is 0 Å². The fourth-order valence-electron chi connectivity index (χ4n) is 3.46. The third-order valence-electron chi connectivity index (χ3n) is 4.87. The topological polar surface area (TPSA) is 80.5 Å². The number of benzene rings is 1. The number of H-pyrrole nitrogens is 1. The van der Waals surface area contributed by atoms with E-state index in [0.29, 0.717) is 12.1 Å². The van der Waals surface area contributed by atoms with Gasteiger partial charge < -0.3 is 10.3 Å². The summed E-state index contributed by atoms with van der Waals surface area (Å²) in [6.07, 6.45) is 0. The lowest BCUT2D eigenvalue weighted by atomic mass is 10.2. The van der Waals surface area contributed by atoms with Crippen molar-refractivity contribution in [3.05, 3.63) is 75.5 Å². The van der Waals surface area contributed by atoms with Crippen molar-refractivity contribution < 1.29 is 0 Å². The summed E-state index contributed by atoms with van der Waals surface area (Å²) in [6.45, 7) is 8.00. The maximum Gasteiger partial charge on any atom is 0.254 e. The van der Waals surface area contributed by atoms with Crippen molar-refractivity contribution in [2.75, 3.05) is 6.54 Å². The maximum atomic E-state index is 12.6. The average Bonchev–Trinajstić information content (AvgIpc) is 3.17. The van der Waals surface area contributed by atoms with E-state index in [1.807, 2.05) is 61.9 Å². The Hall–Kier alpha value is -3.19. The zero-order valence-electron chi connectivity index (χ0n) is 16.4. The molecule has 0 atom stereocenters. The molecule has 0 radical (unpaired) electrons. The molecule has 0 aliphatic carbocycles. The Morgan fingerprint density at radius 3 is 2.57 bits per heavy atom. The molecule has 28 heavy (non-hydrogen) atoms. The number of nitrogens with zero attached hydrogens (tertiary/aromatic N) is 4. The normalized spacial score (nSPS) is 11.4. The van der Waals surface area contributed by atoms with Crippen LogP contribution in [0.1, 0.15) is 22.6 Å². The van der Waals surface area contributed by atoms with Gasteiger partial charge in [0.1, 0.15) is 5.65 Å². The Balaban J connectivity index is 1.52. The van der Waals surface area contributed by atoms with Gasteiger partial charge in [0.05, 0.1) is 23.6 Å². The first-order valence-electron chi connectivity index (χ1n) is 9.41. The van der Waals surface area contributed by atoms with E-state index in [2.05, 4.69) is 26.6 Å².